The van der Waals surface area contributed by atoms with Crippen LogP contribution in [0.2, 0.25) is 5.02 Å². The molecule has 1 aromatic carbocycles. The van der Waals surface area contributed by atoms with Gasteiger partial charge >= 0.3 is 0 Å². The molecule has 0 radical (unpaired) electrons. The molecule has 0 unspecified atom stereocenters. The van der Waals surface area contributed by atoms with Crippen molar-refractivity contribution >= 4 is 34.4 Å². The highest BCUT2D eigenvalue weighted by Gasteiger charge is 2.15. The van der Waals surface area contributed by atoms with Gasteiger partial charge in [0, 0.05) is 11.1 Å². The fourth-order valence-electron chi connectivity index (χ4n) is 2.70. The molecule has 0 fully saturated rings. The summed E-state index contributed by atoms with van der Waals surface area (Å²) < 4.78 is 1.91. The minimum Gasteiger partial charge on any atom is -0.334 e. The Morgan fingerprint density at radius 1 is 1.22 bits per heavy atom. The molecule has 0 saturated heterocycles. The molecule has 8 nitrogen and oxygen atoms in total. The van der Waals surface area contributed by atoms with E-state index >= 15 is 0 Å². The lowest BCUT2D eigenvalue weighted by molar-refractivity contribution is 0.101. The first-order valence-corrected chi connectivity index (χ1v) is 8.72. The minimum absolute atomic E-state index is 0.185. The Bertz CT molecular complexity index is 1130. The van der Waals surface area contributed by atoms with Crippen LogP contribution in [0.3, 0.4) is 0 Å². The number of hydrogen-bond acceptors (Lipinski definition) is 5. The maximum atomic E-state index is 12.5. The molecule has 136 valence electrons. The summed E-state index contributed by atoms with van der Waals surface area (Å²) >= 11 is 5.97. The van der Waals surface area contributed by atoms with Crippen LogP contribution in [0.15, 0.2) is 42.7 Å². The highest BCUT2D eigenvalue weighted by Crippen LogP contribution is 2.21. The van der Waals surface area contributed by atoms with Crippen LogP contribution >= 0.6 is 11.6 Å². The van der Waals surface area contributed by atoms with Crippen LogP contribution in [0.4, 0.5) is 5.82 Å². The topological polar surface area (TPSA) is 101 Å². The number of amides is 1. The first kappa shape index (κ1) is 17.2. The highest BCUT2D eigenvalue weighted by atomic mass is 35.5. The lowest BCUT2D eigenvalue weighted by Crippen LogP contribution is -2.15. The molecular formula is C18H16ClN7O. The third-order valence-electron chi connectivity index (χ3n) is 4.01. The van der Waals surface area contributed by atoms with E-state index in [0.29, 0.717) is 33.4 Å². The van der Waals surface area contributed by atoms with Crippen LogP contribution in [0.25, 0.3) is 22.6 Å². The molecule has 0 atom stereocenters. The number of rotatable bonds is 4. The van der Waals surface area contributed by atoms with Crippen LogP contribution in [0, 0.1) is 0 Å². The fourth-order valence-corrected chi connectivity index (χ4v) is 2.87. The fraction of sp³-hybridized carbons (Fsp3) is 0.167. The van der Waals surface area contributed by atoms with Gasteiger partial charge in [0.2, 0.25) is 0 Å². The molecule has 4 rings (SSSR count). The third kappa shape index (κ3) is 3.39. The lowest BCUT2D eigenvalue weighted by atomic mass is 10.3. The van der Waals surface area contributed by atoms with Crippen molar-refractivity contribution in [3.05, 3.63) is 53.6 Å². The van der Waals surface area contributed by atoms with Crippen molar-refractivity contribution in [2.45, 2.75) is 19.9 Å². The van der Waals surface area contributed by atoms with Crippen molar-refractivity contribution in [3.63, 3.8) is 0 Å². The molecule has 3 heterocycles. The van der Waals surface area contributed by atoms with E-state index in [1.165, 1.54) is 0 Å². The van der Waals surface area contributed by atoms with Gasteiger partial charge in [0.05, 0.1) is 11.0 Å². The predicted molar refractivity (Wildman–Crippen MR) is 103 cm³/mol. The van der Waals surface area contributed by atoms with Gasteiger partial charge in [-0.25, -0.2) is 9.97 Å². The van der Waals surface area contributed by atoms with Gasteiger partial charge in [0.15, 0.2) is 11.6 Å². The molecule has 27 heavy (non-hydrogen) atoms. The molecule has 0 aliphatic carbocycles. The largest absolute Gasteiger partial charge is 0.334 e. The van der Waals surface area contributed by atoms with E-state index in [0.717, 1.165) is 0 Å². The van der Waals surface area contributed by atoms with Crippen molar-refractivity contribution in [1.29, 1.82) is 0 Å². The predicted octanol–water partition coefficient (Wildman–Crippen LogP) is 3.70. The summed E-state index contributed by atoms with van der Waals surface area (Å²) in [5, 5.41) is 11.4. The molecule has 0 spiro atoms. The number of aromatic amines is 1. The Labute approximate surface area is 159 Å². The van der Waals surface area contributed by atoms with Crippen molar-refractivity contribution in [1.82, 2.24) is 29.7 Å². The van der Waals surface area contributed by atoms with Crippen molar-refractivity contribution in [2.75, 3.05) is 5.32 Å². The SMILES string of the molecule is CC(C)n1cnnc1-c1cccc(NC(=O)c2nc3ccc(Cl)cc3[nH]2)n1. The number of benzene rings is 1. The van der Waals surface area contributed by atoms with E-state index in [1.807, 2.05) is 24.5 Å². The number of carbonyl (C=O) groups excluding carboxylic acids is 1. The van der Waals surface area contributed by atoms with Gasteiger partial charge in [-0.1, -0.05) is 17.7 Å². The first-order chi connectivity index (χ1) is 13.0. The summed E-state index contributed by atoms with van der Waals surface area (Å²) in [6.45, 7) is 4.07. The molecule has 9 heteroatoms. The second-order valence-electron chi connectivity index (χ2n) is 6.26. The molecule has 1 amide bonds. The third-order valence-corrected chi connectivity index (χ3v) is 4.24. The van der Waals surface area contributed by atoms with Gasteiger partial charge in [0.1, 0.15) is 17.8 Å². The normalized spacial score (nSPS) is 11.3. The molecule has 4 aromatic rings. The standard InChI is InChI=1S/C18H16ClN7O/c1-10(2)26-9-20-25-17(26)13-4-3-5-15(21-13)24-18(27)16-22-12-7-6-11(19)8-14(12)23-16/h3-10H,1-2H3,(H,22,23)(H,21,24,27). The Morgan fingerprint density at radius 2 is 2.07 bits per heavy atom. The molecule has 0 bridgehead atoms. The summed E-state index contributed by atoms with van der Waals surface area (Å²) in [5.41, 5.74) is 1.98. The summed E-state index contributed by atoms with van der Waals surface area (Å²) in [7, 11) is 0. The van der Waals surface area contributed by atoms with E-state index < -0.39 is 5.91 Å². The van der Waals surface area contributed by atoms with Gasteiger partial charge < -0.3 is 14.9 Å². The van der Waals surface area contributed by atoms with Gasteiger partial charge in [-0.2, -0.15) is 0 Å². The number of fused-ring (bicyclic) bond motifs is 1. The Balaban J connectivity index is 1.60. The number of nitrogens with zero attached hydrogens (tertiary/aromatic N) is 5. The molecule has 2 N–H and O–H groups in total. The van der Waals surface area contributed by atoms with Gasteiger partial charge in [-0.15, -0.1) is 10.2 Å². The van der Waals surface area contributed by atoms with E-state index in [9.17, 15) is 4.79 Å². The van der Waals surface area contributed by atoms with Crippen molar-refractivity contribution in [2.24, 2.45) is 0 Å². The number of aromatic nitrogens is 6. The average molecular weight is 382 g/mol. The van der Waals surface area contributed by atoms with Crippen LogP contribution in [0.5, 0.6) is 0 Å². The maximum absolute atomic E-state index is 12.5. The quantitative estimate of drug-likeness (QED) is 0.561. The zero-order valence-electron chi connectivity index (χ0n) is 14.6. The zero-order chi connectivity index (χ0) is 19.0. The number of halogens is 1. The summed E-state index contributed by atoms with van der Waals surface area (Å²) in [6.07, 6.45) is 1.66. The van der Waals surface area contributed by atoms with Gasteiger partial charge in [0.25, 0.3) is 5.91 Å². The monoisotopic (exact) mass is 381 g/mol. The Hall–Kier alpha value is -3.26. The molecule has 0 saturated carbocycles. The minimum atomic E-state index is -0.391. The average Bonchev–Trinajstić information content (AvgIpc) is 3.28. The van der Waals surface area contributed by atoms with Crippen LogP contribution in [0.1, 0.15) is 30.5 Å². The number of H-pyrrole nitrogens is 1. The van der Waals surface area contributed by atoms with E-state index in [-0.39, 0.29) is 11.9 Å². The number of pyridine rings is 1. The first-order valence-electron chi connectivity index (χ1n) is 8.35. The van der Waals surface area contributed by atoms with Gasteiger partial charge in [-0.05, 0) is 44.2 Å². The molecule has 3 aromatic heterocycles. The smallest absolute Gasteiger partial charge is 0.292 e. The molecule has 0 aliphatic heterocycles. The summed E-state index contributed by atoms with van der Waals surface area (Å²) in [6, 6.07) is 10.7. The van der Waals surface area contributed by atoms with Crippen LogP contribution < -0.4 is 5.32 Å². The lowest BCUT2D eigenvalue weighted by Gasteiger charge is -2.10. The van der Waals surface area contributed by atoms with Crippen LogP contribution in [-0.2, 0) is 0 Å². The second-order valence-corrected chi connectivity index (χ2v) is 6.70. The van der Waals surface area contributed by atoms with Crippen LogP contribution in [-0.4, -0.2) is 35.6 Å². The number of carbonyl (C=O) groups is 1. The van der Waals surface area contributed by atoms with Crippen molar-refractivity contribution in [3.8, 4) is 11.5 Å². The number of imidazole rings is 1. The number of nitrogens with one attached hydrogen (secondary N) is 2. The number of hydrogen-bond donors (Lipinski definition) is 2. The second kappa shape index (κ2) is 6.81. The molecule has 0 aliphatic rings. The zero-order valence-corrected chi connectivity index (χ0v) is 15.4. The van der Waals surface area contributed by atoms with Crippen molar-refractivity contribution < 1.29 is 4.79 Å². The summed E-state index contributed by atoms with van der Waals surface area (Å²) in [4.78, 5) is 24.2. The van der Waals surface area contributed by atoms with E-state index in [1.54, 1.807) is 36.7 Å². The Morgan fingerprint density at radius 3 is 2.89 bits per heavy atom. The summed E-state index contributed by atoms with van der Waals surface area (Å²) in [5.74, 6) is 0.830. The highest BCUT2D eigenvalue weighted by molar-refractivity contribution is 6.31. The van der Waals surface area contributed by atoms with E-state index in [2.05, 4.69) is 30.5 Å². The van der Waals surface area contributed by atoms with Gasteiger partial charge in [-0.3, -0.25) is 4.79 Å². The molecular weight excluding hydrogens is 366 g/mol. The van der Waals surface area contributed by atoms with E-state index in [4.69, 9.17) is 11.6 Å². The maximum Gasteiger partial charge on any atom is 0.292 e. The number of anilines is 1. The Kier molecular flexibility index (Phi) is 4.33.